The first-order chi connectivity index (χ1) is 6.06. The summed E-state index contributed by atoms with van der Waals surface area (Å²) in [6.07, 6.45) is -2.74. The summed E-state index contributed by atoms with van der Waals surface area (Å²) >= 11 is 0. The van der Waals surface area contributed by atoms with E-state index in [0.29, 0.717) is 5.69 Å². The van der Waals surface area contributed by atoms with Crippen LogP contribution in [0.25, 0.3) is 0 Å². The molecule has 1 rings (SSSR count). The molecule has 0 aliphatic rings. The smallest absolute Gasteiger partial charge is 0.282 e. The van der Waals surface area contributed by atoms with Gasteiger partial charge in [-0.25, -0.2) is 13.8 Å². The number of aromatic nitrogens is 1. The Labute approximate surface area is 73.8 Å². The Balaban J connectivity index is 3.38. The van der Waals surface area contributed by atoms with Crippen LogP contribution in [0.2, 0.25) is 0 Å². The van der Waals surface area contributed by atoms with Crippen LogP contribution in [0.1, 0.15) is 23.4 Å². The van der Waals surface area contributed by atoms with Crippen molar-refractivity contribution in [3.63, 3.8) is 0 Å². The summed E-state index contributed by atoms with van der Waals surface area (Å²) in [7, 11) is 0. The number of halogens is 2. The second-order valence-corrected chi connectivity index (χ2v) is 2.52. The quantitative estimate of drug-likeness (QED) is 0.721. The van der Waals surface area contributed by atoms with Crippen LogP contribution in [0.5, 0.6) is 0 Å². The minimum atomic E-state index is -2.74. The van der Waals surface area contributed by atoms with Gasteiger partial charge >= 0.3 is 0 Å². The fourth-order valence-electron chi connectivity index (χ4n) is 0.966. The summed E-state index contributed by atoms with van der Waals surface area (Å²) in [6, 6.07) is 3.11. The van der Waals surface area contributed by atoms with Gasteiger partial charge in [0.2, 0.25) is 0 Å². The third-order valence-corrected chi connectivity index (χ3v) is 1.54. The third kappa shape index (κ3) is 1.72. The molecule has 1 aromatic rings. The largest absolute Gasteiger partial charge is 0.396 e. The number of nitrogen functional groups attached to an aromatic ring is 1. The van der Waals surface area contributed by atoms with Gasteiger partial charge in [0, 0.05) is 5.69 Å². The van der Waals surface area contributed by atoms with E-state index in [1.54, 1.807) is 6.07 Å². The molecule has 13 heavy (non-hydrogen) atoms. The van der Waals surface area contributed by atoms with Gasteiger partial charge < -0.3 is 5.73 Å². The van der Waals surface area contributed by atoms with Gasteiger partial charge in [0.25, 0.3) is 6.43 Å². The summed E-state index contributed by atoms with van der Waals surface area (Å²) in [5.74, 6) is 0. The lowest BCUT2D eigenvalue weighted by molar-refractivity contribution is 0.147. The molecule has 0 atom stereocenters. The normalized spacial score (nSPS) is 10.1. The van der Waals surface area contributed by atoms with Gasteiger partial charge in [-0.15, -0.1) is 0 Å². The van der Waals surface area contributed by atoms with E-state index in [4.69, 9.17) is 11.0 Å². The number of hydrogen-bond donors (Lipinski definition) is 1. The molecule has 0 aliphatic heterocycles. The molecule has 0 fully saturated rings. The maximum Gasteiger partial charge on any atom is 0.282 e. The Kier molecular flexibility index (Phi) is 2.42. The van der Waals surface area contributed by atoms with Gasteiger partial charge in [0.15, 0.2) is 0 Å². The first kappa shape index (κ1) is 9.39. The topological polar surface area (TPSA) is 62.7 Å². The average molecular weight is 183 g/mol. The number of aryl methyl sites for hydroxylation is 1. The number of anilines is 1. The average Bonchev–Trinajstić information content (AvgIpc) is 2.08. The molecule has 0 spiro atoms. The lowest BCUT2D eigenvalue weighted by Crippen LogP contribution is -2.03. The van der Waals surface area contributed by atoms with E-state index in [1.165, 1.54) is 13.0 Å². The maximum absolute atomic E-state index is 12.3. The third-order valence-electron chi connectivity index (χ3n) is 1.54. The highest BCUT2D eigenvalue weighted by molar-refractivity contribution is 5.57. The molecule has 0 saturated carbocycles. The molecule has 0 aliphatic carbocycles. The van der Waals surface area contributed by atoms with Crippen LogP contribution in [-0.4, -0.2) is 4.98 Å². The van der Waals surface area contributed by atoms with Crippen molar-refractivity contribution in [2.24, 2.45) is 0 Å². The molecule has 0 aromatic carbocycles. The Morgan fingerprint density at radius 3 is 2.69 bits per heavy atom. The van der Waals surface area contributed by atoms with Crippen LogP contribution in [-0.2, 0) is 0 Å². The van der Waals surface area contributed by atoms with E-state index >= 15 is 0 Å². The lowest BCUT2D eigenvalue weighted by Gasteiger charge is -2.05. The van der Waals surface area contributed by atoms with Crippen LogP contribution in [0.15, 0.2) is 6.07 Å². The predicted octanol–water partition coefficient (Wildman–Crippen LogP) is 1.78. The van der Waals surface area contributed by atoms with Crippen molar-refractivity contribution in [1.82, 2.24) is 4.98 Å². The molecule has 5 heteroatoms. The standard InChI is InChI=1S/C8H7F2N3/c1-4-2-5(3-11)6(12)7(13-4)8(9)10/h2,8H,12H2,1H3. The van der Waals surface area contributed by atoms with Gasteiger partial charge in [-0.2, -0.15) is 5.26 Å². The summed E-state index contributed by atoms with van der Waals surface area (Å²) in [5, 5.41) is 8.55. The molecule has 1 aromatic heterocycles. The molecule has 3 nitrogen and oxygen atoms in total. The number of nitrogens with two attached hydrogens (primary N) is 1. The Morgan fingerprint density at radius 1 is 1.62 bits per heavy atom. The zero-order chi connectivity index (χ0) is 10.0. The van der Waals surface area contributed by atoms with Crippen LogP contribution in [0, 0.1) is 18.3 Å². The van der Waals surface area contributed by atoms with Crippen molar-refractivity contribution in [1.29, 1.82) is 5.26 Å². The molecule has 0 radical (unpaired) electrons. The fraction of sp³-hybridized carbons (Fsp3) is 0.250. The van der Waals surface area contributed by atoms with Crippen molar-refractivity contribution in [2.45, 2.75) is 13.3 Å². The second kappa shape index (κ2) is 3.35. The monoisotopic (exact) mass is 183 g/mol. The van der Waals surface area contributed by atoms with E-state index in [9.17, 15) is 8.78 Å². The Morgan fingerprint density at radius 2 is 2.23 bits per heavy atom. The van der Waals surface area contributed by atoms with Crippen molar-refractivity contribution in [3.8, 4) is 6.07 Å². The Hall–Kier alpha value is -1.70. The fourth-order valence-corrected chi connectivity index (χ4v) is 0.966. The van der Waals surface area contributed by atoms with Crippen LogP contribution >= 0.6 is 0 Å². The van der Waals surface area contributed by atoms with Crippen molar-refractivity contribution < 1.29 is 8.78 Å². The molecule has 68 valence electrons. The van der Waals surface area contributed by atoms with Crippen LogP contribution in [0.3, 0.4) is 0 Å². The minimum absolute atomic E-state index is 0.0443. The van der Waals surface area contributed by atoms with Crippen molar-refractivity contribution >= 4 is 5.69 Å². The van der Waals surface area contributed by atoms with Gasteiger partial charge in [-0.3, -0.25) is 0 Å². The highest BCUT2D eigenvalue weighted by Crippen LogP contribution is 2.25. The lowest BCUT2D eigenvalue weighted by atomic mass is 10.1. The highest BCUT2D eigenvalue weighted by atomic mass is 19.3. The summed E-state index contributed by atoms with van der Waals surface area (Å²) in [4.78, 5) is 3.55. The summed E-state index contributed by atoms with van der Waals surface area (Å²) in [6.45, 7) is 1.53. The van der Waals surface area contributed by atoms with Crippen LogP contribution in [0.4, 0.5) is 14.5 Å². The molecular weight excluding hydrogens is 176 g/mol. The van der Waals surface area contributed by atoms with Crippen LogP contribution < -0.4 is 5.73 Å². The number of pyridine rings is 1. The maximum atomic E-state index is 12.3. The number of rotatable bonds is 1. The van der Waals surface area contributed by atoms with E-state index in [1.807, 2.05) is 0 Å². The van der Waals surface area contributed by atoms with Gasteiger partial charge in [0.05, 0.1) is 11.3 Å². The van der Waals surface area contributed by atoms with Gasteiger partial charge in [-0.1, -0.05) is 0 Å². The Bertz CT molecular complexity index is 368. The van der Waals surface area contributed by atoms with Crippen molar-refractivity contribution in [3.05, 3.63) is 23.0 Å². The molecular formula is C8H7F2N3. The zero-order valence-electron chi connectivity index (χ0n) is 6.88. The number of alkyl halides is 2. The number of hydrogen-bond acceptors (Lipinski definition) is 3. The van der Waals surface area contributed by atoms with E-state index in [0.717, 1.165) is 0 Å². The summed E-state index contributed by atoms with van der Waals surface area (Å²) < 4.78 is 24.5. The predicted molar refractivity (Wildman–Crippen MR) is 43.1 cm³/mol. The summed E-state index contributed by atoms with van der Waals surface area (Å²) in [5.41, 5.74) is 4.95. The first-order valence-corrected chi connectivity index (χ1v) is 3.51. The SMILES string of the molecule is Cc1cc(C#N)c(N)c(C(F)F)n1. The molecule has 2 N–H and O–H groups in total. The zero-order valence-corrected chi connectivity index (χ0v) is 6.88. The second-order valence-electron chi connectivity index (χ2n) is 2.52. The van der Waals surface area contributed by atoms with Gasteiger partial charge in [0.1, 0.15) is 11.8 Å². The van der Waals surface area contributed by atoms with Gasteiger partial charge in [-0.05, 0) is 13.0 Å². The molecule has 0 saturated heterocycles. The van der Waals surface area contributed by atoms with Crippen molar-refractivity contribution in [2.75, 3.05) is 5.73 Å². The van der Waals surface area contributed by atoms with E-state index in [2.05, 4.69) is 4.98 Å². The molecule has 0 bridgehead atoms. The van der Waals surface area contributed by atoms with E-state index < -0.39 is 12.1 Å². The molecule has 0 amide bonds. The highest BCUT2D eigenvalue weighted by Gasteiger charge is 2.16. The minimum Gasteiger partial charge on any atom is -0.396 e. The number of nitriles is 1. The van der Waals surface area contributed by atoms with E-state index in [-0.39, 0.29) is 11.3 Å². The first-order valence-electron chi connectivity index (χ1n) is 3.51. The number of nitrogens with zero attached hydrogens (tertiary/aromatic N) is 2. The molecule has 0 unspecified atom stereocenters. The molecule has 1 heterocycles.